The minimum absolute atomic E-state index is 0.770. The van der Waals surface area contributed by atoms with Crippen LogP contribution >= 0.6 is 0 Å². The maximum absolute atomic E-state index is 12.3. The van der Waals surface area contributed by atoms with Gasteiger partial charge in [0.25, 0.3) is 0 Å². The lowest BCUT2D eigenvalue weighted by molar-refractivity contribution is 0.681. The van der Waals surface area contributed by atoms with E-state index in [1.54, 1.807) is 6.26 Å². The van der Waals surface area contributed by atoms with Gasteiger partial charge in [0.05, 0.1) is 9.73 Å². The molecule has 0 saturated heterocycles. The fraction of sp³-hybridized carbons (Fsp3) is 0.0833. The largest absolute Gasteiger partial charge is 0.245 e. The Bertz CT molecular complexity index is 534. The first-order valence-electron chi connectivity index (χ1n) is 4.67. The molecule has 15 heavy (non-hydrogen) atoms. The van der Waals surface area contributed by atoms with Crippen molar-refractivity contribution >= 4 is 15.4 Å². The summed E-state index contributed by atoms with van der Waals surface area (Å²) in [6.07, 6.45) is 1.66. The zero-order valence-electron chi connectivity index (χ0n) is 8.46. The highest BCUT2D eigenvalue weighted by Crippen LogP contribution is 2.19. The molecule has 0 aliphatic carbocycles. The van der Waals surface area contributed by atoms with Crippen LogP contribution < -0.4 is 0 Å². The van der Waals surface area contributed by atoms with Crippen molar-refractivity contribution in [3.63, 3.8) is 0 Å². The van der Waals surface area contributed by atoms with E-state index in [2.05, 4.69) is 4.36 Å². The molecule has 0 spiro atoms. The molecular weight excluding hydrogens is 206 g/mol. The topological polar surface area (TPSA) is 29.4 Å². The van der Waals surface area contributed by atoms with Crippen LogP contribution in [0.25, 0.3) is 0 Å². The van der Waals surface area contributed by atoms with Crippen molar-refractivity contribution in [3.8, 4) is 0 Å². The summed E-state index contributed by atoms with van der Waals surface area (Å²) in [4.78, 5) is 0.770. The van der Waals surface area contributed by atoms with Gasteiger partial charge < -0.3 is 0 Å². The van der Waals surface area contributed by atoms with E-state index >= 15 is 0 Å². The molecule has 2 aromatic carbocycles. The fourth-order valence-corrected chi connectivity index (χ4v) is 2.64. The second-order valence-electron chi connectivity index (χ2n) is 3.35. The third kappa shape index (κ3) is 2.30. The molecular formula is C12H12NOS-. The molecule has 0 aromatic heterocycles. The zero-order valence-corrected chi connectivity index (χ0v) is 9.28. The number of benzene rings is 1. The first-order valence-corrected chi connectivity index (χ1v) is 6.60. The molecule has 0 amide bonds. The van der Waals surface area contributed by atoms with Gasteiger partial charge in [-0.3, -0.25) is 0 Å². The summed E-state index contributed by atoms with van der Waals surface area (Å²) in [5.74, 6) is 0. The van der Waals surface area contributed by atoms with Gasteiger partial charge in [-0.05, 0) is 17.8 Å². The van der Waals surface area contributed by atoms with Crippen LogP contribution in [0.15, 0.2) is 63.9 Å². The summed E-state index contributed by atoms with van der Waals surface area (Å²) in [5.41, 5.74) is 0.770. The first kappa shape index (κ1) is 10.1. The summed E-state index contributed by atoms with van der Waals surface area (Å²) in [6, 6.07) is 16.8. The van der Waals surface area contributed by atoms with Gasteiger partial charge in [-0.15, -0.1) is 6.07 Å². The zero-order chi connectivity index (χ0) is 10.7. The van der Waals surface area contributed by atoms with Gasteiger partial charge >= 0.3 is 0 Å². The Morgan fingerprint density at radius 1 is 1.13 bits per heavy atom. The Morgan fingerprint density at radius 3 is 2.47 bits per heavy atom. The molecule has 0 bridgehead atoms. The van der Waals surface area contributed by atoms with Crippen molar-refractivity contribution < 1.29 is 4.21 Å². The average Bonchev–Trinajstić information content (AvgIpc) is 2.71. The third-order valence-corrected chi connectivity index (χ3v) is 3.81. The highest BCUT2D eigenvalue weighted by molar-refractivity contribution is 7.93. The van der Waals surface area contributed by atoms with Crippen LogP contribution in [0.4, 0.5) is 5.69 Å². The van der Waals surface area contributed by atoms with Gasteiger partial charge in [0, 0.05) is 11.2 Å². The SMILES string of the molecule is CS(=O)(=Nc1ccc[cH-]1)c1ccccc1. The maximum Gasteiger partial charge on any atom is 0.0751 e. The van der Waals surface area contributed by atoms with Crippen molar-refractivity contribution in [2.75, 3.05) is 6.26 Å². The lowest BCUT2D eigenvalue weighted by Gasteiger charge is -2.04. The van der Waals surface area contributed by atoms with Crippen molar-refractivity contribution in [1.29, 1.82) is 0 Å². The van der Waals surface area contributed by atoms with Gasteiger partial charge in [0.2, 0.25) is 0 Å². The molecule has 0 heterocycles. The first-order chi connectivity index (χ1) is 7.18. The number of hydrogen-bond donors (Lipinski definition) is 0. The summed E-state index contributed by atoms with van der Waals surface area (Å²) in [6.45, 7) is 0. The van der Waals surface area contributed by atoms with Crippen LogP contribution in [0, 0.1) is 0 Å². The molecule has 0 aliphatic rings. The maximum atomic E-state index is 12.3. The van der Waals surface area contributed by atoms with Gasteiger partial charge in [-0.1, -0.05) is 18.2 Å². The minimum atomic E-state index is -2.31. The van der Waals surface area contributed by atoms with Gasteiger partial charge in [-0.25, -0.2) is 14.6 Å². The van der Waals surface area contributed by atoms with Crippen LogP contribution in [0.5, 0.6) is 0 Å². The number of rotatable bonds is 2. The molecule has 0 saturated carbocycles. The predicted octanol–water partition coefficient (Wildman–Crippen LogP) is 3.19. The number of hydrogen-bond acceptors (Lipinski definition) is 2. The number of nitrogens with zero attached hydrogens (tertiary/aromatic N) is 1. The molecule has 2 nitrogen and oxygen atoms in total. The summed E-state index contributed by atoms with van der Waals surface area (Å²) >= 11 is 0. The van der Waals surface area contributed by atoms with Crippen molar-refractivity contribution in [3.05, 3.63) is 54.6 Å². The van der Waals surface area contributed by atoms with Crippen molar-refractivity contribution in [2.24, 2.45) is 4.36 Å². The van der Waals surface area contributed by atoms with Gasteiger partial charge in [0.1, 0.15) is 0 Å². The monoisotopic (exact) mass is 218 g/mol. The molecule has 78 valence electrons. The quantitative estimate of drug-likeness (QED) is 0.712. The van der Waals surface area contributed by atoms with Crippen molar-refractivity contribution in [1.82, 2.24) is 0 Å². The molecule has 1 atom stereocenters. The molecule has 0 aliphatic heterocycles. The molecule has 0 fully saturated rings. The minimum Gasteiger partial charge on any atom is -0.245 e. The normalized spacial score (nSPS) is 14.5. The van der Waals surface area contributed by atoms with E-state index in [1.165, 1.54) is 0 Å². The summed E-state index contributed by atoms with van der Waals surface area (Å²) < 4.78 is 16.5. The Morgan fingerprint density at radius 2 is 1.87 bits per heavy atom. The van der Waals surface area contributed by atoms with Crippen molar-refractivity contribution in [2.45, 2.75) is 4.90 Å². The van der Waals surface area contributed by atoms with Crippen LogP contribution in [0.1, 0.15) is 0 Å². The molecule has 0 N–H and O–H groups in total. The van der Waals surface area contributed by atoms with Crippen LogP contribution in [-0.4, -0.2) is 10.5 Å². The van der Waals surface area contributed by atoms with E-state index < -0.39 is 9.73 Å². The van der Waals surface area contributed by atoms with Gasteiger partial charge in [0.15, 0.2) is 0 Å². The lowest BCUT2D eigenvalue weighted by Crippen LogP contribution is -1.95. The average molecular weight is 218 g/mol. The molecule has 0 radical (unpaired) electrons. The van der Waals surface area contributed by atoms with E-state index in [9.17, 15) is 4.21 Å². The molecule has 1 unspecified atom stereocenters. The Kier molecular flexibility index (Phi) is 2.64. The molecule has 2 rings (SSSR count). The van der Waals surface area contributed by atoms with Crippen LogP contribution in [-0.2, 0) is 9.73 Å². The van der Waals surface area contributed by atoms with E-state index in [0.29, 0.717) is 0 Å². The Balaban J connectivity index is 2.49. The highest BCUT2D eigenvalue weighted by atomic mass is 32.2. The summed E-state index contributed by atoms with van der Waals surface area (Å²) in [7, 11) is -2.31. The highest BCUT2D eigenvalue weighted by Gasteiger charge is 2.03. The van der Waals surface area contributed by atoms with Crippen LogP contribution in [0.2, 0.25) is 0 Å². The Labute approximate surface area is 90.1 Å². The lowest BCUT2D eigenvalue weighted by atomic mass is 10.4. The third-order valence-electron chi connectivity index (χ3n) is 2.11. The summed E-state index contributed by atoms with van der Waals surface area (Å²) in [5, 5.41) is 0. The molecule has 2 aromatic rings. The second-order valence-corrected chi connectivity index (χ2v) is 5.61. The second kappa shape index (κ2) is 3.95. The smallest absolute Gasteiger partial charge is 0.0751 e. The van der Waals surface area contributed by atoms with E-state index in [0.717, 1.165) is 10.6 Å². The van der Waals surface area contributed by atoms with Gasteiger partial charge in [-0.2, -0.15) is 12.1 Å². The van der Waals surface area contributed by atoms with E-state index in [1.807, 2.05) is 54.6 Å². The fourth-order valence-electron chi connectivity index (χ4n) is 1.35. The molecule has 3 heteroatoms. The Hall–Kier alpha value is -1.48. The van der Waals surface area contributed by atoms with E-state index in [4.69, 9.17) is 0 Å². The van der Waals surface area contributed by atoms with E-state index in [-0.39, 0.29) is 0 Å². The van der Waals surface area contributed by atoms with Crippen LogP contribution in [0.3, 0.4) is 0 Å². The standard InChI is InChI=1S/C12H12NOS/c1-15(14,12-9-3-2-4-10-12)13-11-7-5-6-8-11/h2-10H,1H3/q-1. The predicted molar refractivity (Wildman–Crippen MR) is 62.9 cm³/mol.